The first kappa shape index (κ1) is 19.0. The Labute approximate surface area is 140 Å². The fourth-order valence-electron chi connectivity index (χ4n) is 3.56. The number of hydrogen-bond acceptors (Lipinski definition) is 2. The Morgan fingerprint density at radius 1 is 1.23 bits per heavy atom. The lowest BCUT2D eigenvalue weighted by atomic mass is 9.97. The SMILES string of the molecule is Cc1cc(C)c(CCNC(=O)C[C@@H]2CCC[C@H]2N)c(C)c1.Cl. The lowest BCUT2D eigenvalue weighted by molar-refractivity contribution is -0.122. The van der Waals surface area contributed by atoms with Crippen LogP contribution in [0.5, 0.6) is 0 Å². The molecule has 0 unspecified atom stereocenters. The molecule has 0 spiro atoms. The number of hydrogen-bond donors (Lipinski definition) is 2. The van der Waals surface area contributed by atoms with Crippen molar-refractivity contribution in [1.29, 1.82) is 0 Å². The number of carbonyl (C=O) groups is 1. The average Bonchev–Trinajstić information content (AvgIpc) is 2.78. The molecule has 0 aromatic heterocycles. The molecule has 3 N–H and O–H groups in total. The number of nitrogens with one attached hydrogen (secondary N) is 1. The van der Waals surface area contributed by atoms with Gasteiger partial charge in [-0.2, -0.15) is 0 Å². The van der Waals surface area contributed by atoms with Crippen molar-refractivity contribution in [2.45, 2.75) is 58.9 Å². The first-order chi connectivity index (χ1) is 9.97. The van der Waals surface area contributed by atoms with Crippen LogP contribution in [0.4, 0.5) is 0 Å². The molecule has 0 heterocycles. The highest BCUT2D eigenvalue weighted by atomic mass is 35.5. The molecule has 1 saturated carbocycles. The third kappa shape index (κ3) is 4.99. The number of halogens is 1. The third-order valence-electron chi connectivity index (χ3n) is 4.70. The van der Waals surface area contributed by atoms with E-state index < -0.39 is 0 Å². The van der Waals surface area contributed by atoms with E-state index in [1.807, 2.05) is 0 Å². The van der Waals surface area contributed by atoms with Gasteiger partial charge in [0, 0.05) is 19.0 Å². The van der Waals surface area contributed by atoms with Crippen LogP contribution in [0.3, 0.4) is 0 Å². The number of amides is 1. The van der Waals surface area contributed by atoms with Crippen molar-refractivity contribution >= 4 is 18.3 Å². The van der Waals surface area contributed by atoms with E-state index in [9.17, 15) is 4.79 Å². The maximum absolute atomic E-state index is 12.0. The van der Waals surface area contributed by atoms with Crippen LogP contribution in [-0.2, 0) is 11.2 Å². The van der Waals surface area contributed by atoms with E-state index in [4.69, 9.17) is 5.73 Å². The van der Waals surface area contributed by atoms with Gasteiger partial charge in [0.1, 0.15) is 0 Å². The molecular weight excluding hydrogens is 296 g/mol. The summed E-state index contributed by atoms with van der Waals surface area (Å²) >= 11 is 0. The maximum Gasteiger partial charge on any atom is 0.220 e. The normalized spacial score (nSPS) is 20.5. The van der Waals surface area contributed by atoms with Crippen molar-refractivity contribution < 1.29 is 4.79 Å². The largest absolute Gasteiger partial charge is 0.356 e. The Kier molecular flexibility index (Phi) is 7.37. The van der Waals surface area contributed by atoms with E-state index in [1.54, 1.807) is 0 Å². The van der Waals surface area contributed by atoms with Crippen LogP contribution in [0.1, 0.15) is 47.9 Å². The highest BCUT2D eigenvalue weighted by Crippen LogP contribution is 2.26. The van der Waals surface area contributed by atoms with Crippen molar-refractivity contribution in [3.63, 3.8) is 0 Å². The van der Waals surface area contributed by atoms with Crippen LogP contribution >= 0.6 is 12.4 Å². The predicted molar refractivity (Wildman–Crippen MR) is 94.5 cm³/mol. The van der Waals surface area contributed by atoms with Crippen LogP contribution in [-0.4, -0.2) is 18.5 Å². The van der Waals surface area contributed by atoms with Gasteiger partial charge in [-0.15, -0.1) is 12.4 Å². The molecule has 1 aromatic rings. The van der Waals surface area contributed by atoms with E-state index in [2.05, 4.69) is 38.2 Å². The lowest BCUT2D eigenvalue weighted by Gasteiger charge is -2.15. The van der Waals surface area contributed by atoms with Gasteiger partial charge >= 0.3 is 0 Å². The molecule has 0 bridgehead atoms. The van der Waals surface area contributed by atoms with Crippen LogP contribution in [0, 0.1) is 26.7 Å². The summed E-state index contributed by atoms with van der Waals surface area (Å²) in [5, 5.41) is 3.05. The molecule has 3 nitrogen and oxygen atoms in total. The van der Waals surface area contributed by atoms with Crippen LogP contribution in [0.2, 0.25) is 0 Å². The first-order valence-electron chi connectivity index (χ1n) is 8.06. The summed E-state index contributed by atoms with van der Waals surface area (Å²) in [4.78, 5) is 12.0. The monoisotopic (exact) mass is 324 g/mol. The Morgan fingerprint density at radius 2 is 1.86 bits per heavy atom. The molecule has 0 radical (unpaired) electrons. The Morgan fingerprint density at radius 3 is 2.41 bits per heavy atom. The first-order valence-corrected chi connectivity index (χ1v) is 8.06. The zero-order chi connectivity index (χ0) is 15.4. The molecule has 1 fully saturated rings. The van der Waals surface area contributed by atoms with Gasteiger partial charge in [0.15, 0.2) is 0 Å². The molecule has 1 aliphatic rings. The second-order valence-electron chi connectivity index (χ2n) is 6.54. The Balaban J connectivity index is 0.00000242. The van der Waals surface area contributed by atoms with Gasteiger partial charge in [-0.05, 0) is 62.6 Å². The highest BCUT2D eigenvalue weighted by molar-refractivity contribution is 5.85. The van der Waals surface area contributed by atoms with E-state index in [1.165, 1.54) is 28.7 Å². The summed E-state index contributed by atoms with van der Waals surface area (Å²) < 4.78 is 0. The van der Waals surface area contributed by atoms with E-state index in [0.717, 1.165) is 19.3 Å². The molecular formula is C18H29ClN2O. The predicted octanol–water partition coefficient (Wildman–Crippen LogP) is 3.21. The van der Waals surface area contributed by atoms with Gasteiger partial charge in [0.05, 0.1) is 0 Å². The van der Waals surface area contributed by atoms with E-state index in [0.29, 0.717) is 18.9 Å². The van der Waals surface area contributed by atoms with Gasteiger partial charge < -0.3 is 11.1 Å². The molecule has 0 aliphatic heterocycles. The van der Waals surface area contributed by atoms with Crippen molar-refractivity contribution in [3.8, 4) is 0 Å². The quantitative estimate of drug-likeness (QED) is 0.873. The average molecular weight is 325 g/mol. The number of nitrogens with two attached hydrogens (primary N) is 1. The summed E-state index contributed by atoms with van der Waals surface area (Å²) in [5.74, 6) is 0.535. The molecule has 2 atom stereocenters. The van der Waals surface area contributed by atoms with Crippen molar-refractivity contribution in [2.24, 2.45) is 11.7 Å². The minimum Gasteiger partial charge on any atom is -0.356 e. The van der Waals surface area contributed by atoms with Gasteiger partial charge in [-0.3, -0.25) is 4.79 Å². The summed E-state index contributed by atoms with van der Waals surface area (Å²) in [7, 11) is 0. The number of rotatable bonds is 5. The molecule has 1 aromatic carbocycles. The van der Waals surface area contributed by atoms with Gasteiger partial charge in [-0.25, -0.2) is 0 Å². The molecule has 0 saturated heterocycles. The highest BCUT2D eigenvalue weighted by Gasteiger charge is 2.25. The number of carbonyl (C=O) groups excluding carboxylic acids is 1. The second kappa shape index (κ2) is 8.54. The molecule has 2 rings (SSSR count). The van der Waals surface area contributed by atoms with E-state index >= 15 is 0 Å². The summed E-state index contributed by atoms with van der Waals surface area (Å²) in [6.07, 6.45) is 4.83. The molecule has 124 valence electrons. The van der Waals surface area contributed by atoms with Crippen LogP contribution < -0.4 is 11.1 Å². The van der Waals surface area contributed by atoms with Crippen molar-refractivity contribution in [1.82, 2.24) is 5.32 Å². The van der Waals surface area contributed by atoms with Gasteiger partial charge in [-0.1, -0.05) is 24.1 Å². The van der Waals surface area contributed by atoms with Crippen LogP contribution in [0.25, 0.3) is 0 Å². The van der Waals surface area contributed by atoms with Crippen LogP contribution in [0.15, 0.2) is 12.1 Å². The molecule has 4 heteroatoms. The van der Waals surface area contributed by atoms with Crippen molar-refractivity contribution in [3.05, 3.63) is 34.4 Å². The fraction of sp³-hybridized carbons (Fsp3) is 0.611. The zero-order valence-electron chi connectivity index (χ0n) is 13.9. The second-order valence-corrected chi connectivity index (χ2v) is 6.54. The molecule has 1 aliphatic carbocycles. The van der Waals surface area contributed by atoms with Crippen molar-refractivity contribution in [2.75, 3.05) is 6.54 Å². The Hall–Kier alpha value is -1.06. The number of benzene rings is 1. The van der Waals surface area contributed by atoms with Gasteiger partial charge in [0.25, 0.3) is 0 Å². The number of aryl methyl sites for hydroxylation is 3. The minimum atomic E-state index is 0. The summed E-state index contributed by atoms with van der Waals surface area (Å²) in [6, 6.07) is 4.64. The summed E-state index contributed by atoms with van der Waals surface area (Å²) in [6.45, 7) is 7.13. The lowest BCUT2D eigenvalue weighted by Crippen LogP contribution is -2.32. The Bertz CT molecular complexity index is 493. The fourth-order valence-corrected chi connectivity index (χ4v) is 3.56. The smallest absolute Gasteiger partial charge is 0.220 e. The summed E-state index contributed by atoms with van der Waals surface area (Å²) in [5.41, 5.74) is 11.3. The zero-order valence-corrected chi connectivity index (χ0v) is 14.8. The van der Waals surface area contributed by atoms with E-state index in [-0.39, 0.29) is 24.4 Å². The molecule has 22 heavy (non-hydrogen) atoms. The van der Waals surface area contributed by atoms with Gasteiger partial charge in [0.2, 0.25) is 5.91 Å². The molecule has 1 amide bonds. The third-order valence-corrected chi connectivity index (χ3v) is 4.70. The maximum atomic E-state index is 12.0. The standard InChI is InChI=1S/C18H28N2O.ClH/c1-12-9-13(2)16(14(3)10-12)7-8-20-18(21)11-15-5-4-6-17(15)19;/h9-10,15,17H,4-8,11,19H2,1-3H3,(H,20,21);1H/t15-,17+;/m0./s1. The minimum absolute atomic E-state index is 0. The topological polar surface area (TPSA) is 55.1 Å².